The lowest BCUT2D eigenvalue weighted by Crippen LogP contribution is -2.24. The average Bonchev–Trinajstić information content (AvgIpc) is 3.02. The molecular weight excluding hydrogens is 268 g/mol. The van der Waals surface area contributed by atoms with E-state index in [4.69, 9.17) is 10.5 Å². The number of nitrogens with one attached hydrogen (secondary N) is 1. The van der Waals surface area contributed by atoms with Gasteiger partial charge >= 0.3 is 0 Å². The van der Waals surface area contributed by atoms with Crippen molar-refractivity contribution < 1.29 is 4.74 Å². The Bertz CT molecular complexity index is 457. The highest BCUT2D eigenvalue weighted by atomic mass is 16.5. The minimum atomic E-state index is 0.281. The SMILES string of the molecule is Nc1nc(NCCC2CCCCO2)nc(N2CCCC2)n1. The number of aromatic nitrogens is 3. The summed E-state index contributed by atoms with van der Waals surface area (Å²) in [5.74, 6) is 1.54. The quantitative estimate of drug-likeness (QED) is 0.848. The summed E-state index contributed by atoms with van der Waals surface area (Å²) in [7, 11) is 0. The molecule has 2 saturated heterocycles. The molecular formula is C14H24N6O. The van der Waals surface area contributed by atoms with E-state index in [-0.39, 0.29) is 5.95 Å². The van der Waals surface area contributed by atoms with Crippen LogP contribution in [-0.2, 0) is 4.74 Å². The van der Waals surface area contributed by atoms with Crippen LogP contribution in [0.3, 0.4) is 0 Å². The van der Waals surface area contributed by atoms with E-state index in [2.05, 4.69) is 25.2 Å². The predicted molar refractivity (Wildman–Crippen MR) is 82.4 cm³/mol. The second-order valence-corrected chi connectivity index (χ2v) is 5.72. The zero-order valence-electron chi connectivity index (χ0n) is 12.4. The Kier molecular flexibility index (Phi) is 4.69. The van der Waals surface area contributed by atoms with Gasteiger partial charge in [0.1, 0.15) is 0 Å². The number of nitrogens with two attached hydrogens (primary N) is 1. The minimum absolute atomic E-state index is 0.281. The van der Waals surface area contributed by atoms with Gasteiger partial charge < -0.3 is 20.7 Å². The molecule has 0 amide bonds. The normalized spacial score (nSPS) is 22.5. The van der Waals surface area contributed by atoms with Gasteiger partial charge in [0.25, 0.3) is 0 Å². The molecule has 3 rings (SSSR count). The molecule has 3 heterocycles. The lowest BCUT2D eigenvalue weighted by Gasteiger charge is -2.22. The van der Waals surface area contributed by atoms with Gasteiger partial charge in [-0.25, -0.2) is 0 Å². The van der Waals surface area contributed by atoms with E-state index in [0.717, 1.165) is 39.1 Å². The van der Waals surface area contributed by atoms with Crippen molar-refractivity contribution in [1.82, 2.24) is 15.0 Å². The molecule has 2 aliphatic rings. The fraction of sp³-hybridized carbons (Fsp3) is 0.786. The van der Waals surface area contributed by atoms with Crippen LogP contribution in [0, 0.1) is 0 Å². The van der Waals surface area contributed by atoms with Crippen molar-refractivity contribution in [3.63, 3.8) is 0 Å². The third-order valence-electron chi connectivity index (χ3n) is 4.05. The van der Waals surface area contributed by atoms with Crippen LogP contribution in [0.4, 0.5) is 17.8 Å². The number of anilines is 3. The fourth-order valence-corrected chi connectivity index (χ4v) is 2.90. The van der Waals surface area contributed by atoms with Gasteiger partial charge in [0.2, 0.25) is 17.8 Å². The Balaban J connectivity index is 1.54. The van der Waals surface area contributed by atoms with Gasteiger partial charge in [-0.05, 0) is 38.5 Å². The lowest BCUT2D eigenvalue weighted by molar-refractivity contribution is 0.0134. The zero-order chi connectivity index (χ0) is 14.5. The summed E-state index contributed by atoms with van der Waals surface area (Å²) >= 11 is 0. The maximum Gasteiger partial charge on any atom is 0.231 e. The molecule has 0 radical (unpaired) electrons. The van der Waals surface area contributed by atoms with Gasteiger partial charge in [0, 0.05) is 26.2 Å². The minimum Gasteiger partial charge on any atom is -0.378 e. The van der Waals surface area contributed by atoms with Gasteiger partial charge in [-0.2, -0.15) is 15.0 Å². The summed E-state index contributed by atoms with van der Waals surface area (Å²) in [5, 5.41) is 3.25. The summed E-state index contributed by atoms with van der Waals surface area (Å²) in [6.45, 7) is 3.69. The molecule has 0 aromatic carbocycles. The van der Waals surface area contributed by atoms with E-state index in [0.29, 0.717) is 18.0 Å². The molecule has 1 unspecified atom stereocenters. The number of ether oxygens (including phenoxy) is 1. The molecule has 7 nitrogen and oxygen atoms in total. The number of hydrogen-bond donors (Lipinski definition) is 2. The van der Waals surface area contributed by atoms with Crippen molar-refractivity contribution in [3.05, 3.63) is 0 Å². The lowest BCUT2D eigenvalue weighted by atomic mass is 10.1. The van der Waals surface area contributed by atoms with Crippen LogP contribution in [0.1, 0.15) is 38.5 Å². The van der Waals surface area contributed by atoms with Crippen LogP contribution in [0.5, 0.6) is 0 Å². The van der Waals surface area contributed by atoms with Gasteiger partial charge in [-0.3, -0.25) is 0 Å². The molecule has 0 aliphatic carbocycles. The van der Waals surface area contributed by atoms with Crippen LogP contribution in [0.2, 0.25) is 0 Å². The first kappa shape index (κ1) is 14.3. The third kappa shape index (κ3) is 3.93. The van der Waals surface area contributed by atoms with Crippen molar-refractivity contribution in [1.29, 1.82) is 0 Å². The second-order valence-electron chi connectivity index (χ2n) is 5.72. The molecule has 0 spiro atoms. The first-order valence-corrected chi connectivity index (χ1v) is 7.93. The zero-order valence-corrected chi connectivity index (χ0v) is 12.4. The third-order valence-corrected chi connectivity index (χ3v) is 4.05. The number of nitrogens with zero attached hydrogens (tertiary/aromatic N) is 4. The Morgan fingerprint density at radius 3 is 2.76 bits per heavy atom. The predicted octanol–water partition coefficient (Wildman–Crippen LogP) is 1.43. The maximum atomic E-state index is 5.79. The standard InChI is InChI=1S/C14H24N6O/c15-12-17-13(16-7-6-11-5-1-4-10-21-11)19-14(18-12)20-8-2-3-9-20/h11H,1-10H2,(H3,15,16,17,18,19). The van der Waals surface area contributed by atoms with E-state index in [1.807, 2.05) is 0 Å². The van der Waals surface area contributed by atoms with E-state index >= 15 is 0 Å². The Morgan fingerprint density at radius 2 is 2.00 bits per heavy atom. The van der Waals surface area contributed by atoms with Gasteiger partial charge in [-0.1, -0.05) is 0 Å². The van der Waals surface area contributed by atoms with E-state index in [9.17, 15) is 0 Å². The molecule has 2 aliphatic heterocycles. The van der Waals surface area contributed by atoms with Gasteiger partial charge in [-0.15, -0.1) is 0 Å². The van der Waals surface area contributed by atoms with Gasteiger partial charge in [0.05, 0.1) is 6.10 Å². The number of hydrogen-bond acceptors (Lipinski definition) is 7. The topological polar surface area (TPSA) is 89.2 Å². The molecule has 0 saturated carbocycles. The Hall–Kier alpha value is -1.63. The van der Waals surface area contributed by atoms with Crippen LogP contribution in [0.15, 0.2) is 0 Å². The second kappa shape index (κ2) is 6.89. The van der Waals surface area contributed by atoms with Crippen molar-refractivity contribution in [2.75, 3.05) is 42.2 Å². The first-order chi connectivity index (χ1) is 10.3. The van der Waals surface area contributed by atoms with Gasteiger partial charge in [0.15, 0.2) is 0 Å². The summed E-state index contributed by atoms with van der Waals surface area (Å²) in [5.41, 5.74) is 5.79. The Labute approximate surface area is 125 Å². The highest BCUT2D eigenvalue weighted by molar-refractivity contribution is 5.42. The van der Waals surface area contributed by atoms with Crippen LogP contribution >= 0.6 is 0 Å². The largest absolute Gasteiger partial charge is 0.378 e. The summed E-state index contributed by atoms with van der Waals surface area (Å²) in [4.78, 5) is 15.0. The smallest absolute Gasteiger partial charge is 0.231 e. The molecule has 1 aromatic heterocycles. The molecule has 3 N–H and O–H groups in total. The monoisotopic (exact) mass is 292 g/mol. The molecule has 116 valence electrons. The molecule has 7 heteroatoms. The molecule has 2 fully saturated rings. The van der Waals surface area contributed by atoms with Crippen molar-refractivity contribution >= 4 is 17.8 Å². The van der Waals surface area contributed by atoms with Crippen LogP contribution in [0.25, 0.3) is 0 Å². The fourth-order valence-electron chi connectivity index (χ4n) is 2.90. The van der Waals surface area contributed by atoms with Crippen molar-refractivity contribution in [2.45, 2.75) is 44.6 Å². The molecule has 1 atom stereocenters. The summed E-state index contributed by atoms with van der Waals surface area (Å²) in [6.07, 6.45) is 7.32. The van der Waals surface area contributed by atoms with Crippen molar-refractivity contribution in [3.8, 4) is 0 Å². The number of nitrogen functional groups attached to an aromatic ring is 1. The maximum absolute atomic E-state index is 5.79. The van der Waals surface area contributed by atoms with E-state index in [1.54, 1.807) is 0 Å². The summed E-state index contributed by atoms with van der Waals surface area (Å²) < 4.78 is 5.72. The van der Waals surface area contributed by atoms with E-state index < -0.39 is 0 Å². The van der Waals surface area contributed by atoms with Crippen LogP contribution < -0.4 is 16.0 Å². The molecule has 21 heavy (non-hydrogen) atoms. The summed E-state index contributed by atoms with van der Waals surface area (Å²) in [6, 6.07) is 0. The molecule has 0 bridgehead atoms. The number of rotatable bonds is 5. The highest BCUT2D eigenvalue weighted by Gasteiger charge is 2.17. The molecule has 1 aromatic rings. The first-order valence-electron chi connectivity index (χ1n) is 7.93. The highest BCUT2D eigenvalue weighted by Crippen LogP contribution is 2.18. The average molecular weight is 292 g/mol. The van der Waals surface area contributed by atoms with Crippen molar-refractivity contribution in [2.24, 2.45) is 0 Å². The van der Waals surface area contributed by atoms with Crippen LogP contribution in [-0.4, -0.2) is 47.3 Å². The van der Waals surface area contributed by atoms with E-state index in [1.165, 1.54) is 25.7 Å². The Morgan fingerprint density at radius 1 is 1.14 bits per heavy atom.